The van der Waals surface area contributed by atoms with Crippen LogP contribution in [0.3, 0.4) is 0 Å². The molecule has 1 atom stereocenters. The molecule has 2 amide bonds. The van der Waals surface area contributed by atoms with Crippen molar-refractivity contribution in [1.29, 1.82) is 0 Å². The predicted octanol–water partition coefficient (Wildman–Crippen LogP) is 1.04. The number of hydrogen-bond acceptors (Lipinski definition) is 3. The Morgan fingerprint density at radius 2 is 1.76 bits per heavy atom. The molecule has 0 aromatic carbocycles. The number of amides is 2. The average Bonchev–Trinajstić information content (AvgIpc) is 2.42. The molecule has 2 aliphatic rings. The van der Waals surface area contributed by atoms with Gasteiger partial charge in [-0.05, 0) is 37.8 Å². The van der Waals surface area contributed by atoms with Crippen molar-refractivity contribution >= 4 is 11.8 Å². The molecule has 0 spiro atoms. The maximum Gasteiger partial charge on any atom is 0.223 e. The summed E-state index contributed by atoms with van der Waals surface area (Å²) in [6.07, 6.45) is 6.88. The second kappa shape index (κ2) is 8.37. The first-order valence-corrected chi connectivity index (χ1v) is 8.42. The summed E-state index contributed by atoms with van der Waals surface area (Å²) in [4.78, 5) is 23.7. The van der Waals surface area contributed by atoms with E-state index in [1.165, 1.54) is 32.1 Å². The van der Waals surface area contributed by atoms with Crippen LogP contribution in [0.1, 0.15) is 45.4 Å². The van der Waals surface area contributed by atoms with Gasteiger partial charge in [0.1, 0.15) is 0 Å². The zero-order valence-corrected chi connectivity index (χ0v) is 13.1. The number of hydrogen-bond donors (Lipinski definition) is 3. The van der Waals surface area contributed by atoms with Crippen molar-refractivity contribution in [2.45, 2.75) is 45.4 Å². The molecular formula is C16H29N3O2. The highest BCUT2D eigenvalue weighted by Gasteiger charge is 2.28. The lowest BCUT2D eigenvalue weighted by Crippen LogP contribution is -2.50. The first-order valence-electron chi connectivity index (χ1n) is 8.42. The molecule has 5 heteroatoms. The molecule has 1 unspecified atom stereocenters. The number of carbonyl (C=O) groups is 2. The topological polar surface area (TPSA) is 70.2 Å². The lowest BCUT2D eigenvalue weighted by atomic mass is 9.87. The van der Waals surface area contributed by atoms with Crippen molar-refractivity contribution in [3.05, 3.63) is 0 Å². The molecular weight excluding hydrogens is 266 g/mol. The molecule has 1 aliphatic carbocycles. The Labute approximate surface area is 127 Å². The Bertz CT molecular complexity index is 349. The first kappa shape index (κ1) is 16.3. The van der Waals surface area contributed by atoms with E-state index >= 15 is 0 Å². The first-order chi connectivity index (χ1) is 10.2. The third-order valence-corrected chi connectivity index (χ3v) is 4.88. The van der Waals surface area contributed by atoms with E-state index in [0.717, 1.165) is 13.1 Å². The smallest absolute Gasteiger partial charge is 0.223 e. The summed E-state index contributed by atoms with van der Waals surface area (Å²) in [5.41, 5.74) is 0. The summed E-state index contributed by atoms with van der Waals surface area (Å²) < 4.78 is 0. The molecule has 1 saturated carbocycles. The van der Waals surface area contributed by atoms with Gasteiger partial charge in [0.25, 0.3) is 0 Å². The van der Waals surface area contributed by atoms with Gasteiger partial charge in [-0.2, -0.15) is 0 Å². The summed E-state index contributed by atoms with van der Waals surface area (Å²) >= 11 is 0. The fourth-order valence-corrected chi connectivity index (χ4v) is 3.15. The van der Waals surface area contributed by atoms with Gasteiger partial charge in [0.15, 0.2) is 0 Å². The van der Waals surface area contributed by atoms with Crippen LogP contribution in [0, 0.1) is 17.8 Å². The highest BCUT2D eigenvalue weighted by atomic mass is 16.2. The van der Waals surface area contributed by atoms with Gasteiger partial charge in [-0.25, -0.2) is 0 Å². The minimum absolute atomic E-state index is 0.0594. The third kappa shape index (κ3) is 5.30. The van der Waals surface area contributed by atoms with Crippen LogP contribution < -0.4 is 16.0 Å². The predicted molar refractivity (Wildman–Crippen MR) is 82.7 cm³/mol. The molecule has 5 nitrogen and oxygen atoms in total. The van der Waals surface area contributed by atoms with Crippen LogP contribution in [0.2, 0.25) is 0 Å². The summed E-state index contributed by atoms with van der Waals surface area (Å²) in [5.74, 6) is 1.32. The number of rotatable bonds is 7. The molecule has 0 aromatic rings. The Morgan fingerprint density at radius 3 is 2.38 bits per heavy atom. The van der Waals surface area contributed by atoms with Gasteiger partial charge >= 0.3 is 0 Å². The van der Waals surface area contributed by atoms with Crippen molar-refractivity contribution in [3.8, 4) is 0 Å². The number of nitrogens with one attached hydrogen (secondary N) is 3. The van der Waals surface area contributed by atoms with Gasteiger partial charge in [0.05, 0.1) is 0 Å². The van der Waals surface area contributed by atoms with Crippen LogP contribution in [-0.2, 0) is 9.59 Å². The van der Waals surface area contributed by atoms with Crippen LogP contribution in [-0.4, -0.2) is 38.0 Å². The summed E-state index contributed by atoms with van der Waals surface area (Å²) in [6, 6.07) is 0. The second-order valence-corrected chi connectivity index (χ2v) is 6.56. The standard InChI is InChI=1S/C16H29N3O2/c1-12(14-10-17-11-14)16(21)19-8-7-18-15(20)9-13-5-3-2-4-6-13/h12-14,17H,2-11H2,1H3,(H,18,20)(H,19,21). The van der Waals surface area contributed by atoms with E-state index in [1.54, 1.807) is 0 Å². The lowest BCUT2D eigenvalue weighted by molar-refractivity contribution is -0.127. The Hall–Kier alpha value is -1.10. The molecule has 2 fully saturated rings. The lowest BCUT2D eigenvalue weighted by Gasteiger charge is -2.31. The SMILES string of the molecule is CC(C(=O)NCCNC(=O)CC1CCCCC1)C1CNC1. The fourth-order valence-electron chi connectivity index (χ4n) is 3.15. The van der Waals surface area contributed by atoms with E-state index in [1.807, 2.05) is 6.92 Å². The van der Waals surface area contributed by atoms with Crippen LogP contribution in [0.25, 0.3) is 0 Å². The Balaban J connectivity index is 1.52. The van der Waals surface area contributed by atoms with Crippen molar-refractivity contribution in [2.24, 2.45) is 17.8 Å². The molecule has 21 heavy (non-hydrogen) atoms. The molecule has 1 aliphatic heterocycles. The molecule has 0 aromatic heterocycles. The Morgan fingerprint density at radius 1 is 1.10 bits per heavy atom. The van der Waals surface area contributed by atoms with E-state index in [0.29, 0.717) is 31.3 Å². The Kier molecular flexibility index (Phi) is 6.49. The zero-order chi connectivity index (χ0) is 15.1. The van der Waals surface area contributed by atoms with Gasteiger partial charge in [-0.1, -0.05) is 26.2 Å². The minimum Gasteiger partial charge on any atom is -0.354 e. The highest BCUT2D eigenvalue weighted by Crippen LogP contribution is 2.25. The van der Waals surface area contributed by atoms with Gasteiger partial charge in [-0.15, -0.1) is 0 Å². The van der Waals surface area contributed by atoms with Crippen molar-refractivity contribution in [3.63, 3.8) is 0 Å². The van der Waals surface area contributed by atoms with E-state index in [-0.39, 0.29) is 17.7 Å². The normalized spacial score (nSPS) is 21.4. The van der Waals surface area contributed by atoms with Crippen LogP contribution in [0.15, 0.2) is 0 Å². The quantitative estimate of drug-likeness (QED) is 0.615. The zero-order valence-electron chi connectivity index (χ0n) is 13.1. The molecule has 3 N–H and O–H groups in total. The van der Waals surface area contributed by atoms with E-state index in [4.69, 9.17) is 0 Å². The number of carbonyl (C=O) groups excluding carboxylic acids is 2. The van der Waals surface area contributed by atoms with Crippen LogP contribution >= 0.6 is 0 Å². The van der Waals surface area contributed by atoms with Crippen molar-refractivity contribution in [1.82, 2.24) is 16.0 Å². The molecule has 0 radical (unpaired) electrons. The van der Waals surface area contributed by atoms with E-state index in [9.17, 15) is 9.59 Å². The molecule has 2 rings (SSSR count). The van der Waals surface area contributed by atoms with Gasteiger partial charge in [0, 0.05) is 25.4 Å². The third-order valence-electron chi connectivity index (χ3n) is 4.88. The van der Waals surface area contributed by atoms with Crippen LogP contribution in [0.4, 0.5) is 0 Å². The largest absolute Gasteiger partial charge is 0.354 e. The summed E-state index contributed by atoms with van der Waals surface area (Å²) in [6.45, 7) is 4.91. The monoisotopic (exact) mass is 295 g/mol. The van der Waals surface area contributed by atoms with Crippen molar-refractivity contribution in [2.75, 3.05) is 26.2 Å². The average molecular weight is 295 g/mol. The van der Waals surface area contributed by atoms with E-state index in [2.05, 4.69) is 16.0 Å². The molecule has 1 heterocycles. The van der Waals surface area contributed by atoms with Gasteiger partial charge in [0.2, 0.25) is 11.8 Å². The maximum absolute atomic E-state index is 11.9. The second-order valence-electron chi connectivity index (χ2n) is 6.56. The van der Waals surface area contributed by atoms with Gasteiger partial charge in [-0.3, -0.25) is 9.59 Å². The molecule has 0 bridgehead atoms. The minimum atomic E-state index is 0.0594. The van der Waals surface area contributed by atoms with E-state index < -0.39 is 0 Å². The van der Waals surface area contributed by atoms with Crippen LogP contribution in [0.5, 0.6) is 0 Å². The molecule has 120 valence electrons. The summed E-state index contributed by atoms with van der Waals surface area (Å²) in [5, 5.41) is 9.01. The maximum atomic E-state index is 11.9. The highest BCUT2D eigenvalue weighted by molar-refractivity contribution is 5.79. The molecule has 1 saturated heterocycles. The fraction of sp³-hybridized carbons (Fsp3) is 0.875. The van der Waals surface area contributed by atoms with Gasteiger partial charge < -0.3 is 16.0 Å². The van der Waals surface area contributed by atoms with Crippen molar-refractivity contribution < 1.29 is 9.59 Å². The summed E-state index contributed by atoms with van der Waals surface area (Å²) in [7, 11) is 0.